The second-order valence-electron chi connectivity index (χ2n) is 6.30. The van der Waals surface area contributed by atoms with Crippen molar-refractivity contribution in [2.75, 3.05) is 13.2 Å². The Morgan fingerprint density at radius 1 is 1.33 bits per heavy atom. The van der Waals surface area contributed by atoms with E-state index in [-0.39, 0.29) is 6.04 Å². The average molecular weight is 288 g/mol. The smallest absolute Gasteiger partial charge is 0.0830 e. The maximum atomic E-state index is 5.15. The van der Waals surface area contributed by atoms with Crippen LogP contribution in [0.5, 0.6) is 0 Å². The molecule has 0 spiro atoms. The Bertz CT molecular complexity index is 444. The van der Waals surface area contributed by atoms with Crippen molar-refractivity contribution in [3.63, 3.8) is 0 Å². The SMILES string of the molecule is CCONCC1C=C/C(=C2\C=CC(C)C(C(C)C)C2)C=N1. The van der Waals surface area contributed by atoms with Crippen LogP contribution in [0.15, 0.2) is 40.4 Å². The Labute approximate surface area is 128 Å². The number of nitrogens with one attached hydrogen (secondary N) is 1. The van der Waals surface area contributed by atoms with Crippen LogP contribution in [-0.2, 0) is 4.84 Å². The summed E-state index contributed by atoms with van der Waals surface area (Å²) in [5.74, 6) is 2.12. The van der Waals surface area contributed by atoms with Crippen molar-refractivity contribution in [2.24, 2.45) is 22.7 Å². The molecule has 0 radical (unpaired) electrons. The van der Waals surface area contributed by atoms with Crippen LogP contribution in [0, 0.1) is 17.8 Å². The van der Waals surface area contributed by atoms with Gasteiger partial charge in [0.15, 0.2) is 0 Å². The molecular formula is C18H28N2O. The van der Waals surface area contributed by atoms with Gasteiger partial charge in [0.25, 0.3) is 0 Å². The Kier molecular flexibility index (Phi) is 5.95. The van der Waals surface area contributed by atoms with Gasteiger partial charge in [-0.25, -0.2) is 5.48 Å². The highest BCUT2D eigenvalue weighted by Crippen LogP contribution is 2.34. The summed E-state index contributed by atoms with van der Waals surface area (Å²) in [6.45, 7) is 10.3. The number of hydrogen-bond donors (Lipinski definition) is 1. The van der Waals surface area contributed by atoms with Crippen molar-refractivity contribution in [2.45, 2.75) is 40.2 Å². The van der Waals surface area contributed by atoms with Crippen LogP contribution in [-0.4, -0.2) is 25.4 Å². The summed E-state index contributed by atoms with van der Waals surface area (Å²) in [4.78, 5) is 9.75. The van der Waals surface area contributed by atoms with Gasteiger partial charge in [-0.05, 0) is 42.2 Å². The van der Waals surface area contributed by atoms with E-state index in [9.17, 15) is 0 Å². The number of allylic oxidation sites excluding steroid dienone is 5. The second kappa shape index (κ2) is 7.71. The van der Waals surface area contributed by atoms with Crippen molar-refractivity contribution in [1.82, 2.24) is 5.48 Å². The van der Waals surface area contributed by atoms with Crippen molar-refractivity contribution >= 4 is 6.21 Å². The van der Waals surface area contributed by atoms with E-state index in [0.29, 0.717) is 18.4 Å². The summed E-state index contributed by atoms with van der Waals surface area (Å²) >= 11 is 0. The predicted molar refractivity (Wildman–Crippen MR) is 89.3 cm³/mol. The molecule has 0 amide bonds. The Morgan fingerprint density at radius 2 is 2.14 bits per heavy atom. The van der Waals surface area contributed by atoms with Crippen molar-refractivity contribution in [3.8, 4) is 0 Å². The van der Waals surface area contributed by atoms with Gasteiger partial charge in [0.1, 0.15) is 0 Å². The zero-order chi connectivity index (χ0) is 15.2. The lowest BCUT2D eigenvalue weighted by molar-refractivity contribution is 0.0500. The summed E-state index contributed by atoms with van der Waals surface area (Å²) in [5, 5.41) is 0. The molecule has 3 atom stereocenters. The van der Waals surface area contributed by atoms with Gasteiger partial charge >= 0.3 is 0 Å². The molecule has 21 heavy (non-hydrogen) atoms. The maximum Gasteiger partial charge on any atom is 0.0830 e. The number of hydrogen-bond acceptors (Lipinski definition) is 3. The van der Waals surface area contributed by atoms with Crippen LogP contribution in [0.2, 0.25) is 0 Å². The summed E-state index contributed by atoms with van der Waals surface area (Å²) in [6, 6.07) is 0.174. The van der Waals surface area contributed by atoms with E-state index >= 15 is 0 Å². The van der Waals surface area contributed by atoms with E-state index in [1.54, 1.807) is 0 Å². The predicted octanol–water partition coefficient (Wildman–Crippen LogP) is 3.70. The molecule has 116 valence electrons. The van der Waals surface area contributed by atoms with E-state index in [0.717, 1.165) is 18.9 Å². The third-order valence-corrected chi connectivity index (χ3v) is 4.40. The number of hydroxylamine groups is 1. The van der Waals surface area contributed by atoms with Crippen LogP contribution in [0.1, 0.15) is 34.1 Å². The van der Waals surface area contributed by atoms with E-state index < -0.39 is 0 Å². The lowest BCUT2D eigenvalue weighted by Gasteiger charge is -2.30. The third-order valence-electron chi connectivity index (χ3n) is 4.40. The summed E-state index contributed by atoms with van der Waals surface area (Å²) in [7, 11) is 0. The lowest BCUT2D eigenvalue weighted by atomic mass is 9.75. The molecule has 2 rings (SSSR count). The molecule has 0 saturated carbocycles. The monoisotopic (exact) mass is 288 g/mol. The van der Waals surface area contributed by atoms with E-state index in [4.69, 9.17) is 4.84 Å². The zero-order valence-electron chi connectivity index (χ0n) is 13.7. The minimum Gasteiger partial charge on any atom is -0.302 e. The first-order valence-corrected chi connectivity index (χ1v) is 8.09. The molecule has 0 saturated heterocycles. The first-order valence-electron chi connectivity index (χ1n) is 8.09. The minimum absolute atomic E-state index is 0.174. The molecule has 0 aromatic heterocycles. The molecule has 0 bridgehead atoms. The van der Waals surface area contributed by atoms with Crippen molar-refractivity contribution in [1.29, 1.82) is 0 Å². The van der Waals surface area contributed by atoms with E-state index in [1.165, 1.54) is 11.1 Å². The Morgan fingerprint density at radius 3 is 2.76 bits per heavy atom. The largest absolute Gasteiger partial charge is 0.302 e. The van der Waals surface area contributed by atoms with Gasteiger partial charge in [-0.15, -0.1) is 0 Å². The number of nitrogens with zero attached hydrogens (tertiary/aromatic N) is 1. The molecule has 1 heterocycles. The number of dihydropyridines is 1. The molecular weight excluding hydrogens is 260 g/mol. The van der Waals surface area contributed by atoms with Gasteiger partial charge in [0, 0.05) is 12.8 Å². The zero-order valence-corrected chi connectivity index (χ0v) is 13.7. The average Bonchev–Trinajstić information content (AvgIpc) is 2.48. The van der Waals surface area contributed by atoms with Crippen LogP contribution in [0.4, 0.5) is 0 Å². The first kappa shape index (κ1) is 16.2. The molecule has 1 N–H and O–H groups in total. The van der Waals surface area contributed by atoms with Gasteiger partial charge in [-0.1, -0.05) is 45.1 Å². The second-order valence-corrected chi connectivity index (χ2v) is 6.30. The highest BCUT2D eigenvalue weighted by molar-refractivity contribution is 5.85. The lowest BCUT2D eigenvalue weighted by Crippen LogP contribution is -2.26. The van der Waals surface area contributed by atoms with Gasteiger partial charge in [-0.2, -0.15) is 0 Å². The van der Waals surface area contributed by atoms with Crippen LogP contribution in [0.25, 0.3) is 0 Å². The minimum atomic E-state index is 0.174. The van der Waals surface area contributed by atoms with Gasteiger partial charge in [-0.3, -0.25) is 4.99 Å². The van der Waals surface area contributed by atoms with Crippen molar-refractivity contribution in [3.05, 3.63) is 35.5 Å². The highest BCUT2D eigenvalue weighted by Gasteiger charge is 2.24. The van der Waals surface area contributed by atoms with E-state index in [1.807, 2.05) is 13.1 Å². The Balaban J connectivity index is 2.01. The molecule has 0 aromatic rings. The fourth-order valence-corrected chi connectivity index (χ4v) is 3.02. The summed E-state index contributed by atoms with van der Waals surface area (Å²) in [5.41, 5.74) is 5.61. The van der Waals surface area contributed by atoms with Crippen LogP contribution < -0.4 is 5.48 Å². The number of aliphatic imine (C=N–C) groups is 1. The van der Waals surface area contributed by atoms with E-state index in [2.05, 4.69) is 55.5 Å². The fourth-order valence-electron chi connectivity index (χ4n) is 3.02. The van der Waals surface area contributed by atoms with Gasteiger partial charge < -0.3 is 4.84 Å². The molecule has 3 nitrogen and oxygen atoms in total. The molecule has 2 aliphatic rings. The van der Waals surface area contributed by atoms with Crippen molar-refractivity contribution < 1.29 is 4.84 Å². The first-order chi connectivity index (χ1) is 10.1. The van der Waals surface area contributed by atoms with Crippen LogP contribution >= 0.6 is 0 Å². The third kappa shape index (κ3) is 4.39. The molecule has 1 aliphatic heterocycles. The highest BCUT2D eigenvalue weighted by atomic mass is 16.6. The summed E-state index contributed by atoms with van der Waals surface area (Å²) < 4.78 is 0. The summed E-state index contributed by atoms with van der Waals surface area (Å²) in [6.07, 6.45) is 12.2. The molecule has 0 aromatic carbocycles. The maximum absolute atomic E-state index is 5.15. The molecule has 3 heteroatoms. The molecule has 0 fully saturated rings. The molecule has 1 aliphatic carbocycles. The topological polar surface area (TPSA) is 33.6 Å². The van der Waals surface area contributed by atoms with Gasteiger partial charge in [0.05, 0.1) is 12.6 Å². The Hall–Kier alpha value is -1.19. The standard InChI is InChI=1S/C18H28N2O/c1-5-21-20-12-17-9-8-16(11-19-17)15-7-6-14(4)18(10-15)13(2)3/h6-9,11,13-14,17-18,20H,5,10,12H2,1-4H3/b16-15-. The number of rotatable bonds is 5. The fraction of sp³-hybridized carbons (Fsp3) is 0.611. The molecule has 3 unspecified atom stereocenters. The van der Waals surface area contributed by atoms with Gasteiger partial charge in [0.2, 0.25) is 0 Å². The quantitative estimate of drug-likeness (QED) is 0.618. The van der Waals surface area contributed by atoms with Crippen LogP contribution in [0.3, 0.4) is 0 Å². The normalized spacial score (nSPS) is 32.1.